The molecule has 1 aliphatic heterocycles. The Bertz CT molecular complexity index is 1110. The minimum Gasteiger partial charge on any atom is -0.331 e. The number of nitrogens with zero attached hydrogens (tertiary/aromatic N) is 2. The molecule has 0 unspecified atom stereocenters. The Labute approximate surface area is 196 Å². The number of aryl methyl sites for hydroxylation is 1. The van der Waals surface area contributed by atoms with Gasteiger partial charge in [-0.15, -0.1) is 28.3 Å². The van der Waals surface area contributed by atoms with Crippen LogP contribution in [0.2, 0.25) is 5.02 Å². The molecule has 2 heterocycles. The summed E-state index contributed by atoms with van der Waals surface area (Å²) in [5.41, 5.74) is 3.59. The van der Waals surface area contributed by atoms with E-state index in [0.717, 1.165) is 46.9 Å². The van der Waals surface area contributed by atoms with Crippen LogP contribution in [0.25, 0.3) is 11.3 Å². The van der Waals surface area contributed by atoms with Crippen LogP contribution in [0.4, 0.5) is 10.8 Å². The smallest absolute Gasteiger partial charge is 0.243 e. The number of hydrogen-bond donors (Lipinski definition) is 1. The van der Waals surface area contributed by atoms with Gasteiger partial charge in [-0.3, -0.25) is 0 Å². The number of sulfonamides is 1. The molecule has 0 amide bonds. The topological polar surface area (TPSA) is 62.3 Å². The average Bonchev–Trinajstić information content (AvgIpc) is 3.20. The summed E-state index contributed by atoms with van der Waals surface area (Å²) >= 11 is 7.67. The Balaban J connectivity index is 0.00000256. The molecule has 0 saturated carbocycles. The largest absolute Gasteiger partial charge is 0.331 e. The molecule has 1 aromatic heterocycles. The summed E-state index contributed by atoms with van der Waals surface area (Å²) in [6.45, 7) is 3.17. The van der Waals surface area contributed by atoms with Crippen molar-refractivity contribution in [2.45, 2.75) is 31.1 Å². The minimum atomic E-state index is -3.41. The van der Waals surface area contributed by atoms with Crippen LogP contribution in [0.5, 0.6) is 0 Å². The van der Waals surface area contributed by atoms with Crippen LogP contribution in [-0.4, -0.2) is 30.8 Å². The monoisotopic (exact) mass is 527 g/mol. The minimum absolute atomic E-state index is 0. The van der Waals surface area contributed by atoms with Crippen LogP contribution in [0.1, 0.15) is 24.8 Å². The molecule has 0 radical (unpaired) electrons. The summed E-state index contributed by atoms with van der Waals surface area (Å²) in [5, 5.41) is 6.67. The van der Waals surface area contributed by atoms with Gasteiger partial charge in [0, 0.05) is 34.7 Å². The molecule has 3 aromatic rings. The molecule has 0 bridgehead atoms. The highest BCUT2D eigenvalue weighted by Gasteiger charge is 2.25. The van der Waals surface area contributed by atoms with Gasteiger partial charge in [0.25, 0.3) is 0 Å². The number of piperidine rings is 1. The first-order valence-corrected chi connectivity index (χ1v) is 12.2. The molecule has 1 saturated heterocycles. The van der Waals surface area contributed by atoms with Crippen molar-refractivity contribution in [1.29, 1.82) is 0 Å². The highest BCUT2D eigenvalue weighted by Crippen LogP contribution is 2.30. The van der Waals surface area contributed by atoms with Gasteiger partial charge >= 0.3 is 0 Å². The van der Waals surface area contributed by atoms with Crippen molar-refractivity contribution in [3.05, 3.63) is 58.4 Å². The molecule has 0 atom stereocenters. The second-order valence-corrected chi connectivity index (χ2v) is 10.3. The molecule has 2 aromatic carbocycles. The van der Waals surface area contributed by atoms with E-state index in [1.54, 1.807) is 16.4 Å². The number of aromatic nitrogens is 1. The first kappa shape index (κ1) is 23.2. The zero-order valence-electron chi connectivity index (χ0n) is 16.5. The molecule has 30 heavy (non-hydrogen) atoms. The molecule has 4 rings (SSSR count). The Morgan fingerprint density at radius 1 is 1.07 bits per heavy atom. The maximum Gasteiger partial charge on any atom is 0.243 e. The van der Waals surface area contributed by atoms with Gasteiger partial charge in [0.15, 0.2) is 5.13 Å². The van der Waals surface area contributed by atoms with Crippen molar-refractivity contribution < 1.29 is 8.42 Å². The summed E-state index contributed by atoms with van der Waals surface area (Å²) < 4.78 is 27.2. The Morgan fingerprint density at radius 3 is 2.43 bits per heavy atom. The standard InChI is InChI=1S/C21H22ClN3O2S2.BrH/c1-15-5-8-17(13-19(15)22)23-21-24-20(14-28-21)16-6-9-18(10-7-16)29(26,27)25-11-3-2-4-12-25;/h5-10,13-14H,2-4,11-12H2,1H3,(H,23,24);1H. The van der Waals surface area contributed by atoms with E-state index in [9.17, 15) is 8.42 Å². The van der Waals surface area contributed by atoms with Gasteiger partial charge < -0.3 is 5.32 Å². The number of benzene rings is 2. The summed E-state index contributed by atoms with van der Waals surface area (Å²) in [7, 11) is -3.41. The lowest BCUT2D eigenvalue weighted by atomic mass is 10.2. The molecule has 1 N–H and O–H groups in total. The fourth-order valence-electron chi connectivity index (χ4n) is 3.31. The Kier molecular flexibility index (Phi) is 7.57. The third kappa shape index (κ3) is 5.06. The van der Waals surface area contributed by atoms with Gasteiger partial charge in [-0.1, -0.05) is 36.2 Å². The van der Waals surface area contributed by atoms with Gasteiger partial charge in [-0.05, 0) is 49.6 Å². The fraction of sp³-hybridized carbons (Fsp3) is 0.286. The van der Waals surface area contributed by atoms with Crippen molar-refractivity contribution in [3.63, 3.8) is 0 Å². The van der Waals surface area contributed by atoms with Crippen LogP contribution in [-0.2, 0) is 10.0 Å². The van der Waals surface area contributed by atoms with Gasteiger partial charge in [0.1, 0.15) is 0 Å². The van der Waals surface area contributed by atoms with Crippen LogP contribution in [0.3, 0.4) is 0 Å². The van der Waals surface area contributed by atoms with E-state index in [2.05, 4.69) is 10.3 Å². The summed E-state index contributed by atoms with van der Waals surface area (Å²) in [4.78, 5) is 4.95. The number of anilines is 2. The number of hydrogen-bond acceptors (Lipinski definition) is 5. The van der Waals surface area contributed by atoms with E-state index < -0.39 is 10.0 Å². The predicted molar refractivity (Wildman–Crippen MR) is 130 cm³/mol. The third-order valence-electron chi connectivity index (χ3n) is 5.03. The lowest BCUT2D eigenvalue weighted by Crippen LogP contribution is -2.35. The Morgan fingerprint density at radius 2 is 1.77 bits per heavy atom. The maximum atomic E-state index is 12.8. The molecule has 160 valence electrons. The molecular formula is C21H23BrClN3O2S2. The van der Waals surface area contributed by atoms with Crippen LogP contribution in [0, 0.1) is 6.92 Å². The normalized spacial score (nSPS) is 14.9. The second-order valence-electron chi connectivity index (χ2n) is 7.12. The number of halogens is 2. The maximum absolute atomic E-state index is 12.8. The SMILES string of the molecule is Br.Cc1ccc(Nc2nc(-c3ccc(S(=O)(=O)N4CCCCC4)cc3)cs2)cc1Cl. The molecule has 0 spiro atoms. The molecular weight excluding hydrogens is 506 g/mol. The fourth-order valence-corrected chi connectivity index (χ4v) is 5.75. The summed E-state index contributed by atoms with van der Waals surface area (Å²) in [6, 6.07) is 12.8. The van der Waals surface area contributed by atoms with Gasteiger partial charge in [0.05, 0.1) is 10.6 Å². The van der Waals surface area contributed by atoms with Crippen LogP contribution < -0.4 is 5.32 Å². The first-order valence-electron chi connectivity index (χ1n) is 9.53. The van der Waals surface area contributed by atoms with Crippen molar-refractivity contribution in [2.75, 3.05) is 18.4 Å². The first-order chi connectivity index (χ1) is 13.9. The number of thiazole rings is 1. The molecule has 1 fully saturated rings. The third-order valence-corrected chi connectivity index (χ3v) is 8.11. The van der Waals surface area contributed by atoms with Crippen molar-refractivity contribution in [1.82, 2.24) is 9.29 Å². The molecule has 0 aliphatic carbocycles. The van der Waals surface area contributed by atoms with E-state index in [0.29, 0.717) is 23.0 Å². The zero-order chi connectivity index (χ0) is 20.4. The van der Waals surface area contributed by atoms with Gasteiger partial charge in [-0.25, -0.2) is 13.4 Å². The highest BCUT2D eigenvalue weighted by atomic mass is 79.9. The predicted octanol–water partition coefficient (Wildman–Crippen LogP) is 6.27. The van der Waals surface area contributed by atoms with E-state index in [4.69, 9.17) is 11.6 Å². The van der Waals surface area contributed by atoms with Gasteiger partial charge in [0.2, 0.25) is 10.0 Å². The Hall–Kier alpha value is -1.45. The van der Waals surface area contributed by atoms with E-state index in [-0.39, 0.29) is 17.0 Å². The van der Waals surface area contributed by atoms with E-state index in [1.807, 2.05) is 42.6 Å². The number of rotatable bonds is 5. The van der Waals surface area contributed by atoms with Gasteiger partial charge in [-0.2, -0.15) is 4.31 Å². The van der Waals surface area contributed by atoms with E-state index in [1.165, 1.54) is 11.3 Å². The van der Waals surface area contributed by atoms with Crippen molar-refractivity contribution in [3.8, 4) is 11.3 Å². The lowest BCUT2D eigenvalue weighted by molar-refractivity contribution is 0.346. The molecule has 1 aliphatic rings. The average molecular weight is 529 g/mol. The summed E-state index contributed by atoms with van der Waals surface area (Å²) in [6.07, 6.45) is 2.95. The highest BCUT2D eigenvalue weighted by molar-refractivity contribution is 8.93. The van der Waals surface area contributed by atoms with Crippen LogP contribution in [0.15, 0.2) is 52.7 Å². The van der Waals surface area contributed by atoms with Crippen molar-refractivity contribution >= 4 is 60.8 Å². The quantitative estimate of drug-likeness (QED) is 0.424. The number of nitrogens with one attached hydrogen (secondary N) is 1. The molecule has 9 heteroatoms. The second kappa shape index (κ2) is 9.78. The zero-order valence-corrected chi connectivity index (χ0v) is 20.6. The summed E-state index contributed by atoms with van der Waals surface area (Å²) in [5.74, 6) is 0. The molecule has 5 nitrogen and oxygen atoms in total. The lowest BCUT2D eigenvalue weighted by Gasteiger charge is -2.25. The van der Waals surface area contributed by atoms with E-state index >= 15 is 0 Å². The van der Waals surface area contributed by atoms with Crippen LogP contribution >= 0.6 is 39.9 Å². The van der Waals surface area contributed by atoms with Crippen molar-refractivity contribution in [2.24, 2.45) is 0 Å².